The van der Waals surface area contributed by atoms with Gasteiger partial charge in [0.25, 0.3) is 0 Å². The number of benzene rings is 1. The molecule has 4 nitrogen and oxygen atoms in total. The standard InChI is InChI=1S/C11H11N3O/c1-8(15)9-2-4-10(5-3-9)14-11-6-12-13-7-11/h2-7,14H,1H3,(H,12,13). The van der Waals surface area contributed by atoms with Gasteiger partial charge in [0.2, 0.25) is 0 Å². The third-order valence-electron chi connectivity index (χ3n) is 2.08. The first-order valence-electron chi connectivity index (χ1n) is 4.62. The van der Waals surface area contributed by atoms with E-state index in [1.807, 2.05) is 12.1 Å². The molecule has 0 aliphatic rings. The van der Waals surface area contributed by atoms with E-state index >= 15 is 0 Å². The van der Waals surface area contributed by atoms with Gasteiger partial charge < -0.3 is 5.32 Å². The Hall–Kier alpha value is -2.10. The van der Waals surface area contributed by atoms with Crippen LogP contribution in [-0.4, -0.2) is 16.0 Å². The number of anilines is 2. The van der Waals surface area contributed by atoms with E-state index in [1.165, 1.54) is 0 Å². The summed E-state index contributed by atoms with van der Waals surface area (Å²) in [6.45, 7) is 1.55. The summed E-state index contributed by atoms with van der Waals surface area (Å²) in [6, 6.07) is 7.32. The van der Waals surface area contributed by atoms with E-state index in [0.29, 0.717) is 5.56 Å². The topological polar surface area (TPSA) is 57.8 Å². The van der Waals surface area contributed by atoms with Crippen molar-refractivity contribution < 1.29 is 4.79 Å². The zero-order valence-electron chi connectivity index (χ0n) is 8.32. The number of Topliss-reactive ketones (excluding diaryl/α,β-unsaturated/α-hetero) is 1. The molecule has 1 heterocycles. The molecule has 4 heteroatoms. The van der Waals surface area contributed by atoms with Gasteiger partial charge in [0.05, 0.1) is 11.9 Å². The lowest BCUT2D eigenvalue weighted by Gasteiger charge is -2.03. The average Bonchev–Trinajstić information content (AvgIpc) is 2.71. The van der Waals surface area contributed by atoms with Gasteiger partial charge >= 0.3 is 0 Å². The highest BCUT2D eigenvalue weighted by molar-refractivity contribution is 5.94. The number of carbonyl (C=O) groups is 1. The molecule has 0 amide bonds. The lowest BCUT2D eigenvalue weighted by Crippen LogP contribution is -1.93. The van der Waals surface area contributed by atoms with Gasteiger partial charge in [0.1, 0.15) is 0 Å². The van der Waals surface area contributed by atoms with Crippen LogP contribution in [0.5, 0.6) is 0 Å². The molecule has 0 atom stereocenters. The fourth-order valence-electron chi connectivity index (χ4n) is 1.27. The molecule has 0 aliphatic heterocycles. The minimum atomic E-state index is 0.0739. The highest BCUT2D eigenvalue weighted by Crippen LogP contribution is 2.15. The van der Waals surface area contributed by atoms with Crippen molar-refractivity contribution in [3.63, 3.8) is 0 Å². The van der Waals surface area contributed by atoms with Crippen LogP contribution < -0.4 is 5.32 Å². The van der Waals surface area contributed by atoms with E-state index in [2.05, 4.69) is 15.5 Å². The van der Waals surface area contributed by atoms with Crippen molar-refractivity contribution in [1.29, 1.82) is 0 Å². The number of nitrogens with one attached hydrogen (secondary N) is 2. The quantitative estimate of drug-likeness (QED) is 0.749. The fourth-order valence-corrected chi connectivity index (χ4v) is 1.27. The molecule has 1 aromatic heterocycles. The maximum Gasteiger partial charge on any atom is 0.159 e. The van der Waals surface area contributed by atoms with Gasteiger partial charge in [-0.1, -0.05) is 0 Å². The normalized spacial score (nSPS) is 9.93. The molecule has 0 spiro atoms. The largest absolute Gasteiger partial charge is 0.353 e. The maximum absolute atomic E-state index is 11.0. The van der Waals surface area contributed by atoms with E-state index in [-0.39, 0.29) is 5.78 Å². The van der Waals surface area contributed by atoms with E-state index in [1.54, 1.807) is 31.5 Å². The Morgan fingerprint density at radius 3 is 2.53 bits per heavy atom. The highest BCUT2D eigenvalue weighted by Gasteiger charge is 1.99. The van der Waals surface area contributed by atoms with Gasteiger partial charge in [-0.2, -0.15) is 5.10 Å². The molecule has 76 valence electrons. The number of aromatic amines is 1. The Kier molecular flexibility index (Phi) is 2.49. The first kappa shape index (κ1) is 9.45. The summed E-state index contributed by atoms with van der Waals surface area (Å²) in [5, 5.41) is 9.68. The molecular weight excluding hydrogens is 190 g/mol. The third-order valence-corrected chi connectivity index (χ3v) is 2.08. The van der Waals surface area contributed by atoms with Gasteiger partial charge in [-0.25, -0.2) is 0 Å². The van der Waals surface area contributed by atoms with Crippen molar-refractivity contribution in [2.45, 2.75) is 6.92 Å². The van der Waals surface area contributed by atoms with Crippen LogP contribution in [0.15, 0.2) is 36.7 Å². The number of H-pyrrole nitrogens is 1. The second kappa shape index (κ2) is 3.96. The smallest absolute Gasteiger partial charge is 0.159 e. The van der Waals surface area contributed by atoms with Crippen LogP contribution in [0, 0.1) is 0 Å². The van der Waals surface area contributed by atoms with Crippen molar-refractivity contribution in [3.8, 4) is 0 Å². The number of hydrogen-bond donors (Lipinski definition) is 2. The maximum atomic E-state index is 11.0. The van der Waals surface area contributed by atoms with E-state index in [9.17, 15) is 4.79 Å². The van der Waals surface area contributed by atoms with Crippen LogP contribution in [-0.2, 0) is 0 Å². The minimum absolute atomic E-state index is 0.0739. The number of ketones is 1. The lowest BCUT2D eigenvalue weighted by atomic mass is 10.1. The van der Waals surface area contributed by atoms with Crippen LogP contribution in [0.3, 0.4) is 0 Å². The molecule has 2 N–H and O–H groups in total. The molecule has 0 aliphatic carbocycles. The number of aromatic nitrogens is 2. The van der Waals surface area contributed by atoms with E-state index < -0.39 is 0 Å². The van der Waals surface area contributed by atoms with Crippen molar-refractivity contribution >= 4 is 17.2 Å². The van der Waals surface area contributed by atoms with Gasteiger partial charge in [0, 0.05) is 17.4 Å². The van der Waals surface area contributed by atoms with Crippen molar-refractivity contribution in [2.24, 2.45) is 0 Å². The van der Waals surface area contributed by atoms with Gasteiger partial charge in [-0.3, -0.25) is 9.89 Å². The van der Waals surface area contributed by atoms with Gasteiger partial charge in [-0.15, -0.1) is 0 Å². The predicted molar refractivity (Wildman–Crippen MR) is 58.3 cm³/mol. The Balaban J connectivity index is 2.14. The molecule has 15 heavy (non-hydrogen) atoms. The SMILES string of the molecule is CC(=O)c1ccc(Nc2cn[nH]c2)cc1. The number of hydrogen-bond acceptors (Lipinski definition) is 3. The molecule has 0 saturated heterocycles. The average molecular weight is 201 g/mol. The predicted octanol–water partition coefficient (Wildman–Crippen LogP) is 2.36. The van der Waals surface area contributed by atoms with Crippen molar-refractivity contribution in [1.82, 2.24) is 10.2 Å². The summed E-state index contributed by atoms with van der Waals surface area (Å²) in [5.74, 6) is 0.0739. The van der Waals surface area contributed by atoms with Crippen molar-refractivity contribution in [2.75, 3.05) is 5.32 Å². The second-order valence-electron chi connectivity index (χ2n) is 3.25. The van der Waals surface area contributed by atoms with Crippen LogP contribution in [0.4, 0.5) is 11.4 Å². The van der Waals surface area contributed by atoms with Crippen LogP contribution in [0.1, 0.15) is 17.3 Å². The summed E-state index contributed by atoms with van der Waals surface area (Å²) in [5.41, 5.74) is 2.54. The number of nitrogens with zero attached hydrogens (tertiary/aromatic N) is 1. The molecule has 0 unspecified atom stereocenters. The highest BCUT2D eigenvalue weighted by atomic mass is 16.1. The molecular formula is C11H11N3O. The minimum Gasteiger partial charge on any atom is -0.353 e. The summed E-state index contributed by atoms with van der Waals surface area (Å²) in [7, 11) is 0. The summed E-state index contributed by atoms with van der Waals surface area (Å²) < 4.78 is 0. The van der Waals surface area contributed by atoms with E-state index in [4.69, 9.17) is 0 Å². The molecule has 0 bridgehead atoms. The first-order valence-corrected chi connectivity index (χ1v) is 4.62. The Morgan fingerprint density at radius 2 is 2.00 bits per heavy atom. The van der Waals surface area contributed by atoms with Crippen LogP contribution in [0.25, 0.3) is 0 Å². The number of rotatable bonds is 3. The third kappa shape index (κ3) is 2.22. The molecule has 0 radical (unpaired) electrons. The zero-order chi connectivity index (χ0) is 10.7. The first-order chi connectivity index (χ1) is 7.25. The van der Waals surface area contributed by atoms with Crippen LogP contribution >= 0.6 is 0 Å². The van der Waals surface area contributed by atoms with Crippen molar-refractivity contribution in [3.05, 3.63) is 42.2 Å². The Bertz CT molecular complexity index is 445. The zero-order valence-corrected chi connectivity index (χ0v) is 8.32. The summed E-state index contributed by atoms with van der Waals surface area (Å²) in [6.07, 6.45) is 3.46. The second-order valence-corrected chi connectivity index (χ2v) is 3.25. The molecule has 2 aromatic rings. The van der Waals surface area contributed by atoms with Crippen LogP contribution in [0.2, 0.25) is 0 Å². The Morgan fingerprint density at radius 1 is 1.27 bits per heavy atom. The molecule has 1 aromatic carbocycles. The molecule has 2 rings (SSSR count). The fraction of sp³-hybridized carbons (Fsp3) is 0.0909. The summed E-state index contributed by atoms with van der Waals surface area (Å²) >= 11 is 0. The molecule has 0 saturated carbocycles. The summed E-state index contributed by atoms with van der Waals surface area (Å²) in [4.78, 5) is 11.0. The van der Waals surface area contributed by atoms with Gasteiger partial charge in [0.15, 0.2) is 5.78 Å². The monoisotopic (exact) mass is 201 g/mol. The molecule has 0 fully saturated rings. The number of carbonyl (C=O) groups excluding carboxylic acids is 1. The van der Waals surface area contributed by atoms with E-state index in [0.717, 1.165) is 11.4 Å². The Labute approximate surface area is 87.3 Å². The van der Waals surface area contributed by atoms with Gasteiger partial charge in [-0.05, 0) is 31.2 Å². The lowest BCUT2D eigenvalue weighted by molar-refractivity contribution is 0.101.